The topological polar surface area (TPSA) is 57.7 Å². The first kappa shape index (κ1) is 17.0. The van der Waals surface area contributed by atoms with E-state index in [1.165, 1.54) is 6.08 Å². The summed E-state index contributed by atoms with van der Waals surface area (Å²) in [5.74, 6) is 1.14. The lowest BCUT2D eigenvalue weighted by Gasteiger charge is -2.09. The summed E-state index contributed by atoms with van der Waals surface area (Å²) in [6, 6.07) is 8.76. The molecule has 2 aromatic rings. The van der Waals surface area contributed by atoms with Crippen LogP contribution in [0.25, 0.3) is 6.08 Å². The number of pyridine rings is 1. The van der Waals surface area contributed by atoms with Crippen LogP contribution in [0.3, 0.4) is 0 Å². The van der Waals surface area contributed by atoms with Gasteiger partial charge in [0.05, 0.1) is 13.7 Å². The van der Waals surface area contributed by atoms with Crippen LogP contribution in [-0.2, 0) is 4.79 Å². The number of hydrogen-bond acceptors (Lipinski definition) is 5. The monoisotopic (exact) mass is 377 g/mol. The van der Waals surface area contributed by atoms with Crippen molar-refractivity contribution in [3.05, 3.63) is 52.8 Å². The highest BCUT2D eigenvalue weighted by molar-refractivity contribution is 9.10. The van der Waals surface area contributed by atoms with E-state index in [1.807, 2.05) is 13.0 Å². The van der Waals surface area contributed by atoms with Gasteiger partial charge in [-0.05, 0) is 58.8 Å². The number of methoxy groups -OCH3 is 1. The van der Waals surface area contributed by atoms with Crippen LogP contribution < -0.4 is 14.2 Å². The number of esters is 1. The fourth-order valence-corrected chi connectivity index (χ4v) is 2.15. The zero-order valence-electron chi connectivity index (χ0n) is 12.8. The Labute approximate surface area is 143 Å². The van der Waals surface area contributed by atoms with Gasteiger partial charge in [-0.1, -0.05) is 6.07 Å². The molecule has 0 N–H and O–H groups in total. The summed E-state index contributed by atoms with van der Waals surface area (Å²) < 4.78 is 16.4. The summed E-state index contributed by atoms with van der Waals surface area (Å²) in [4.78, 5) is 15.8. The average molecular weight is 378 g/mol. The van der Waals surface area contributed by atoms with Crippen LogP contribution in [0.4, 0.5) is 0 Å². The summed E-state index contributed by atoms with van der Waals surface area (Å²) in [5.41, 5.74) is 0.799. The summed E-state index contributed by atoms with van der Waals surface area (Å²) >= 11 is 3.22. The molecule has 0 atom stereocenters. The molecule has 0 spiro atoms. The third kappa shape index (κ3) is 4.82. The van der Waals surface area contributed by atoms with E-state index in [0.29, 0.717) is 28.5 Å². The normalized spacial score (nSPS) is 10.6. The number of nitrogens with zero attached hydrogens (tertiary/aromatic N) is 1. The standard InChI is InChI=1S/C17H16BrNO4/c1-3-22-13-8-6-12(11-15(13)21-2)7-9-16(20)23-14-5-4-10-19-17(14)18/h4-11H,3H2,1-2H3. The Morgan fingerprint density at radius 2 is 2.09 bits per heavy atom. The fourth-order valence-electron chi connectivity index (χ4n) is 1.82. The lowest BCUT2D eigenvalue weighted by atomic mass is 10.2. The van der Waals surface area contributed by atoms with Crippen molar-refractivity contribution in [2.24, 2.45) is 0 Å². The quantitative estimate of drug-likeness (QED) is 0.434. The highest BCUT2D eigenvalue weighted by atomic mass is 79.9. The molecular formula is C17H16BrNO4. The van der Waals surface area contributed by atoms with Crippen LogP contribution in [0.15, 0.2) is 47.2 Å². The van der Waals surface area contributed by atoms with Crippen molar-refractivity contribution in [2.75, 3.05) is 13.7 Å². The third-order valence-corrected chi connectivity index (χ3v) is 3.43. The van der Waals surface area contributed by atoms with Crippen LogP contribution in [0.5, 0.6) is 17.2 Å². The van der Waals surface area contributed by atoms with Gasteiger partial charge in [0.1, 0.15) is 4.60 Å². The van der Waals surface area contributed by atoms with E-state index >= 15 is 0 Å². The molecule has 0 bridgehead atoms. The predicted octanol–water partition coefficient (Wildman–Crippen LogP) is 3.87. The molecule has 0 saturated heterocycles. The molecule has 6 heteroatoms. The van der Waals surface area contributed by atoms with Crippen LogP contribution in [0.1, 0.15) is 12.5 Å². The molecule has 1 heterocycles. The molecule has 5 nitrogen and oxygen atoms in total. The van der Waals surface area contributed by atoms with Gasteiger partial charge in [-0.2, -0.15) is 0 Å². The molecule has 0 aliphatic carbocycles. The van der Waals surface area contributed by atoms with Crippen molar-refractivity contribution < 1.29 is 19.0 Å². The molecule has 0 amide bonds. The SMILES string of the molecule is CCOc1ccc(C=CC(=O)Oc2cccnc2Br)cc1OC. The molecule has 0 aliphatic rings. The Hall–Kier alpha value is -2.34. The molecule has 0 radical (unpaired) electrons. The second kappa shape index (κ2) is 8.33. The van der Waals surface area contributed by atoms with E-state index in [4.69, 9.17) is 14.2 Å². The molecule has 0 saturated carbocycles. The molecular weight excluding hydrogens is 362 g/mol. The number of aromatic nitrogens is 1. The van der Waals surface area contributed by atoms with Gasteiger partial charge in [0.25, 0.3) is 0 Å². The van der Waals surface area contributed by atoms with Gasteiger partial charge >= 0.3 is 5.97 Å². The van der Waals surface area contributed by atoms with E-state index in [2.05, 4.69) is 20.9 Å². The van der Waals surface area contributed by atoms with Gasteiger partial charge in [-0.3, -0.25) is 0 Å². The summed E-state index contributed by atoms with van der Waals surface area (Å²) in [5, 5.41) is 0. The minimum atomic E-state index is -0.494. The number of hydrogen-bond donors (Lipinski definition) is 0. The maximum atomic E-state index is 11.8. The smallest absolute Gasteiger partial charge is 0.336 e. The van der Waals surface area contributed by atoms with Gasteiger partial charge in [0.15, 0.2) is 17.2 Å². The molecule has 1 aromatic carbocycles. The molecule has 0 unspecified atom stereocenters. The maximum absolute atomic E-state index is 11.8. The van der Waals surface area contributed by atoms with Crippen LogP contribution in [0.2, 0.25) is 0 Å². The van der Waals surface area contributed by atoms with Crippen molar-refractivity contribution >= 4 is 28.0 Å². The van der Waals surface area contributed by atoms with E-state index in [1.54, 1.807) is 43.6 Å². The highest BCUT2D eigenvalue weighted by Crippen LogP contribution is 2.28. The first-order valence-corrected chi connectivity index (χ1v) is 7.74. The van der Waals surface area contributed by atoms with E-state index in [-0.39, 0.29) is 0 Å². The van der Waals surface area contributed by atoms with Gasteiger partial charge in [0, 0.05) is 12.3 Å². The molecule has 1 aromatic heterocycles. The van der Waals surface area contributed by atoms with Gasteiger partial charge < -0.3 is 14.2 Å². The number of carbonyl (C=O) groups is 1. The van der Waals surface area contributed by atoms with Crippen molar-refractivity contribution in [2.45, 2.75) is 6.92 Å². The van der Waals surface area contributed by atoms with Crippen molar-refractivity contribution in [3.63, 3.8) is 0 Å². The Morgan fingerprint density at radius 1 is 1.26 bits per heavy atom. The first-order valence-electron chi connectivity index (χ1n) is 6.95. The highest BCUT2D eigenvalue weighted by Gasteiger charge is 2.06. The van der Waals surface area contributed by atoms with Gasteiger partial charge in [0.2, 0.25) is 0 Å². The number of halogens is 1. The van der Waals surface area contributed by atoms with Crippen LogP contribution in [-0.4, -0.2) is 24.7 Å². The Morgan fingerprint density at radius 3 is 2.78 bits per heavy atom. The van der Waals surface area contributed by atoms with Crippen molar-refractivity contribution in [1.29, 1.82) is 0 Å². The lowest BCUT2D eigenvalue weighted by Crippen LogP contribution is -2.04. The minimum absolute atomic E-state index is 0.367. The first-order chi connectivity index (χ1) is 11.1. The molecule has 0 fully saturated rings. The van der Waals surface area contributed by atoms with Gasteiger partial charge in [-0.25, -0.2) is 9.78 Å². The second-order valence-electron chi connectivity index (χ2n) is 4.39. The van der Waals surface area contributed by atoms with Gasteiger partial charge in [-0.15, -0.1) is 0 Å². The van der Waals surface area contributed by atoms with E-state index in [0.717, 1.165) is 5.56 Å². The number of rotatable bonds is 6. The minimum Gasteiger partial charge on any atom is -0.493 e. The molecule has 120 valence electrons. The number of ether oxygens (including phenoxy) is 3. The van der Waals surface area contributed by atoms with E-state index < -0.39 is 5.97 Å². The average Bonchev–Trinajstić information content (AvgIpc) is 2.56. The molecule has 23 heavy (non-hydrogen) atoms. The summed E-state index contributed by atoms with van der Waals surface area (Å²) in [7, 11) is 1.57. The Kier molecular flexibility index (Phi) is 6.17. The van der Waals surface area contributed by atoms with Crippen molar-refractivity contribution in [3.8, 4) is 17.2 Å². The zero-order chi connectivity index (χ0) is 16.7. The third-order valence-electron chi connectivity index (χ3n) is 2.83. The van der Waals surface area contributed by atoms with Crippen molar-refractivity contribution in [1.82, 2.24) is 4.98 Å². The lowest BCUT2D eigenvalue weighted by molar-refractivity contribution is -0.128. The van der Waals surface area contributed by atoms with Crippen LogP contribution in [0, 0.1) is 0 Å². The molecule has 0 aliphatic heterocycles. The van der Waals surface area contributed by atoms with E-state index in [9.17, 15) is 4.79 Å². The Bertz CT molecular complexity index is 715. The number of benzene rings is 1. The fraction of sp³-hybridized carbons (Fsp3) is 0.176. The zero-order valence-corrected chi connectivity index (χ0v) is 14.4. The predicted molar refractivity (Wildman–Crippen MR) is 90.8 cm³/mol. The Balaban J connectivity index is 2.07. The summed E-state index contributed by atoms with van der Waals surface area (Å²) in [6.45, 7) is 2.46. The maximum Gasteiger partial charge on any atom is 0.336 e. The second-order valence-corrected chi connectivity index (χ2v) is 5.14. The molecule has 2 rings (SSSR count). The number of carbonyl (C=O) groups excluding carboxylic acids is 1. The van der Waals surface area contributed by atoms with Crippen LogP contribution >= 0.6 is 15.9 Å². The largest absolute Gasteiger partial charge is 0.493 e. The summed E-state index contributed by atoms with van der Waals surface area (Å²) in [6.07, 6.45) is 4.59.